The Morgan fingerprint density at radius 1 is 1.47 bits per heavy atom. The first kappa shape index (κ1) is 14.3. The topological polar surface area (TPSA) is 24.1 Å². The molecule has 17 heavy (non-hydrogen) atoms. The van der Waals surface area contributed by atoms with E-state index in [0.29, 0.717) is 10.8 Å². The third-order valence-corrected chi connectivity index (χ3v) is 3.20. The average Bonchev–Trinajstić information content (AvgIpc) is 2.29. The maximum absolute atomic E-state index is 13.0. The summed E-state index contributed by atoms with van der Waals surface area (Å²) >= 11 is 6.95. The third kappa shape index (κ3) is 5.37. The van der Waals surface area contributed by atoms with Gasteiger partial charge in [0, 0.05) is 12.2 Å². The Hall–Kier alpha value is -0.810. The van der Waals surface area contributed by atoms with Crippen LogP contribution in [0.5, 0.6) is 0 Å². The van der Waals surface area contributed by atoms with Gasteiger partial charge in [0.15, 0.2) is 5.11 Å². The molecule has 0 spiro atoms. The van der Waals surface area contributed by atoms with Crippen molar-refractivity contribution in [1.82, 2.24) is 5.32 Å². The minimum Gasteiger partial charge on any atom is -0.362 e. The molecule has 0 saturated heterocycles. The summed E-state index contributed by atoms with van der Waals surface area (Å²) in [6, 6.07) is 4.62. The van der Waals surface area contributed by atoms with Gasteiger partial charge in [-0.25, -0.2) is 4.39 Å². The van der Waals surface area contributed by atoms with Crippen LogP contribution in [0.15, 0.2) is 18.2 Å². The SMILES string of the molecule is CSCCCNC(=S)Nc1cc(F)ccc1C. The van der Waals surface area contributed by atoms with Crippen LogP contribution in [0.4, 0.5) is 10.1 Å². The van der Waals surface area contributed by atoms with Crippen LogP contribution < -0.4 is 10.6 Å². The van der Waals surface area contributed by atoms with Crippen LogP contribution in [-0.2, 0) is 0 Å². The van der Waals surface area contributed by atoms with Crippen molar-refractivity contribution < 1.29 is 4.39 Å². The monoisotopic (exact) mass is 272 g/mol. The minimum atomic E-state index is -0.261. The highest BCUT2D eigenvalue weighted by Crippen LogP contribution is 2.15. The van der Waals surface area contributed by atoms with Gasteiger partial charge in [-0.3, -0.25) is 0 Å². The fourth-order valence-electron chi connectivity index (χ4n) is 1.31. The third-order valence-electron chi connectivity index (χ3n) is 2.26. The van der Waals surface area contributed by atoms with Gasteiger partial charge in [0.2, 0.25) is 0 Å². The lowest BCUT2D eigenvalue weighted by atomic mass is 10.2. The van der Waals surface area contributed by atoms with E-state index in [1.807, 2.05) is 18.7 Å². The first-order valence-corrected chi connectivity index (χ1v) is 7.23. The standard InChI is InChI=1S/C12H17FN2S2/c1-9-4-5-10(13)8-11(9)15-12(16)14-6-3-7-17-2/h4-5,8H,3,6-7H2,1-2H3,(H2,14,15,16). The number of benzene rings is 1. The first-order valence-electron chi connectivity index (χ1n) is 5.43. The minimum absolute atomic E-state index is 0.261. The van der Waals surface area contributed by atoms with Gasteiger partial charge >= 0.3 is 0 Å². The summed E-state index contributed by atoms with van der Waals surface area (Å²) < 4.78 is 13.0. The molecular weight excluding hydrogens is 255 g/mol. The molecule has 0 radical (unpaired) electrons. The van der Waals surface area contributed by atoms with Crippen LogP contribution in [0.1, 0.15) is 12.0 Å². The summed E-state index contributed by atoms with van der Waals surface area (Å²) in [6.07, 6.45) is 3.14. The van der Waals surface area contributed by atoms with Gasteiger partial charge in [0.1, 0.15) is 5.82 Å². The molecule has 2 N–H and O–H groups in total. The van der Waals surface area contributed by atoms with Gasteiger partial charge in [-0.2, -0.15) is 11.8 Å². The van der Waals surface area contributed by atoms with Crippen molar-refractivity contribution in [1.29, 1.82) is 0 Å². The zero-order valence-corrected chi connectivity index (χ0v) is 11.7. The maximum Gasteiger partial charge on any atom is 0.170 e. The lowest BCUT2D eigenvalue weighted by molar-refractivity contribution is 0.628. The van der Waals surface area contributed by atoms with Crippen molar-refractivity contribution in [2.45, 2.75) is 13.3 Å². The van der Waals surface area contributed by atoms with Crippen molar-refractivity contribution in [3.8, 4) is 0 Å². The van der Waals surface area contributed by atoms with Gasteiger partial charge in [0.05, 0.1) is 0 Å². The quantitative estimate of drug-likeness (QED) is 0.635. The Balaban J connectivity index is 2.42. The maximum atomic E-state index is 13.0. The summed E-state index contributed by atoms with van der Waals surface area (Å²) in [7, 11) is 0. The molecule has 0 atom stereocenters. The molecule has 0 aliphatic rings. The van der Waals surface area contributed by atoms with Crippen LogP contribution in [0.3, 0.4) is 0 Å². The highest BCUT2D eigenvalue weighted by atomic mass is 32.2. The largest absolute Gasteiger partial charge is 0.362 e. The summed E-state index contributed by atoms with van der Waals surface area (Å²) in [5, 5.41) is 6.64. The number of thiocarbonyl (C=S) groups is 1. The van der Waals surface area contributed by atoms with Crippen LogP contribution in [0.2, 0.25) is 0 Å². The van der Waals surface area contributed by atoms with Gasteiger partial charge in [0.25, 0.3) is 0 Å². The molecule has 5 heteroatoms. The fourth-order valence-corrected chi connectivity index (χ4v) is 1.96. The molecule has 1 aromatic carbocycles. The smallest absolute Gasteiger partial charge is 0.170 e. The first-order chi connectivity index (χ1) is 8.13. The Kier molecular flexibility index (Phi) is 6.29. The van der Waals surface area contributed by atoms with Gasteiger partial charge in [-0.15, -0.1) is 0 Å². The molecule has 0 aliphatic carbocycles. The number of thioether (sulfide) groups is 1. The summed E-state index contributed by atoms with van der Waals surface area (Å²) in [4.78, 5) is 0. The molecule has 0 unspecified atom stereocenters. The van der Waals surface area contributed by atoms with E-state index in [1.54, 1.807) is 6.07 Å². The Morgan fingerprint density at radius 3 is 2.94 bits per heavy atom. The number of halogens is 1. The molecule has 1 rings (SSSR count). The van der Waals surface area contributed by atoms with Crippen molar-refractivity contribution in [3.63, 3.8) is 0 Å². The second kappa shape index (κ2) is 7.50. The highest BCUT2D eigenvalue weighted by Gasteiger charge is 2.02. The molecular formula is C12H17FN2S2. The Labute approximate surface area is 111 Å². The lowest BCUT2D eigenvalue weighted by Crippen LogP contribution is -2.29. The molecule has 0 bridgehead atoms. The van der Waals surface area contributed by atoms with Gasteiger partial charge < -0.3 is 10.6 Å². The van der Waals surface area contributed by atoms with E-state index in [9.17, 15) is 4.39 Å². The molecule has 0 fully saturated rings. The van der Waals surface area contributed by atoms with Crippen molar-refractivity contribution in [2.75, 3.05) is 23.9 Å². The summed E-state index contributed by atoms with van der Waals surface area (Å²) in [5.41, 5.74) is 1.69. The average molecular weight is 272 g/mol. The highest BCUT2D eigenvalue weighted by molar-refractivity contribution is 7.98. The Morgan fingerprint density at radius 2 is 2.24 bits per heavy atom. The zero-order valence-electron chi connectivity index (χ0n) is 10.0. The molecule has 94 valence electrons. The van der Waals surface area contributed by atoms with Gasteiger partial charge in [-0.05, 0) is 55.3 Å². The number of rotatable bonds is 5. The van der Waals surface area contributed by atoms with E-state index in [1.165, 1.54) is 12.1 Å². The lowest BCUT2D eigenvalue weighted by Gasteiger charge is -2.12. The second-order valence-corrected chi connectivity index (χ2v) is 5.08. The van der Waals surface area contributed by atoms with E-state index in [0.717, 1.165) is 24.3 Å². The van der Waals surface area contributed by atoms with E-state index in [-0.39, 0.29) is 5.82 Å². The Bertz CT molecular complexity index is 383. The van der Waals surface area contributed by atoms with E-state index in [2.05, 4.69) is 16.9 Å². The summed E-state index contributed by atoms with van der Waals surface area (Å²) in [6.45, 7) is 2.75. The predicted octanol–water partition coefficient (Wildman–Crippen LogP) is 3.17. The molecule has 1 aromatic rings. The fraction of sp³-hybridized carbons (Fsp3) is 0.417. The molecule has 2 nitrogen and oxygen atoms in total. The summed E-state index contributed by atoms with van der Waals surface area (Å²) in [5.74, 6) is 0.845. The number of nitrogens with one attached hydrogen (secondary N) is 2. The zero-order chi connectivity index (χ0) is 12.7. The number of hydrogen-bond acceptors (Lipinski definition) is 2. The van der Waals surface area contributed by atoms with Crippen LogP contribution in [0, 0.1) is 12.7 Å². The molecule has 0 amide bonds. The van der Waals surface area contributed by atoms with Crippen molar-refractivity contribution in [2.24, 2.45) is 0 Å². The van der Waals surface area contributed by atoms with Gasteiger partial charge in [-0.1, -0.05) is 6.07 Å². The predicted molar refractivity (Wildman–Crippen MR) is 78.4 cm³/mol. The second-order valence-electron chi connectivity index (χ2n) is 3.69. The van der Waals surface area contributed by atoms with E-state index in [4.69, 9.17) is 12.2 Å². The molecule has 0 aromatic heterocycles. The number of anilines is 1. The van der Waals surface area contributed by atoms with Crippen molar-refractivity contribution >= 4 is 34.8 Å². The normalized spacial score (nSPS) is 10.1. The van der Waals surface area contributed by atoms with Crippen molar-refractivity contribution in [3.05, 3.63) is 29.6 Å². The molecule has 0 saturated carbocycles. The molecule has 0 heterocycles. The van der Waals surface area contributed by atoms with E-state index >= 15 is 0 Å². The number of hydrogen-bond donors (Lipinski definition) is 2. The van der Waals surface area contributed by atoms with E-state index < -0.39 is 0 Å². The number of aryl methyl sites for hydroxylation is 1. The van der Waals surface area contributed by atoms with Crippen LogP contribution in [-0.4, -0.2) is 23.7 Å². The van der Waals surface area contributed by atoms with Crippen LogP contribution >= 0.6 is 24.0 Å². The van der Waals surface area contributed by atoms with Crippen LogP contribution in [0.25, 0.3) is 0 Å². The molecule has 0 aliphatic heterocycles.